The summed E-state index contributed by atoms with van der Waals surface area (Å²) >= 11 is 0. The lowest BCUT2D eigenvalue weighted by Crippen LogP contribution is -2.48. The number of carboxylic acids is 1. The summed E-state index contributed by atoms with van der Waals surface area (Å²) in [5.41, 5.74) is -1.18. The van der Waals surface area contributed by atoms with Crippen molar-refractivity contribution in [2.24, 2.45) is 0 Å². The van der Waals surface area contributed by atoms with Gasteiger partial charge in [-0.05, 0) is 32.0 Å². The third-order valence-corrected chi connectivity index (χ3v) is 4.65. The number of hydrogen-bond donors (Lipinski definition) is 2. The molecule has 0 unspecified atom stereocenters. The molecule has 0 saturated heterocycles. The Morgan fingerprint density at radius 3 is 2.50 bits per heavy atom. The molecule has 1 aliphatic heterocycles. The Kier molecular flexibility index (Phi) is 2.48. The maximum Gasteiger partial charge on any atom is 0.335 e. The predicted molar refractivity (Wildman–Crippen MR) is 63.3 cm³/mol. The first-order valence-corrected chi connectivity index (χ1v) is 6.59. The molecule has 0 fully saturated rings. The van der Waals surface area contributed by atoms with E-state index in [2.05, 4.69) is 5.32 Å². The van der Waals surface area contributed by atoms with Crippen molar-refractivity contribution >= 4 is 26.6 Å². The molecule has 6 nitrogen and oxygen atoms in total. The van der Waals surface area contributed by atoms with E-state index in [0.29, 0.717) is 0 Å². The van der Waals surface area contributed by atoms with Crippen LogP contribution in [-0.4, -0.2) is 30.1 Å². The number of carboxylic acid groups (broad SMARTS) is 1. The van der Waals surface area contributed by atoms with Gasteiger partial charge in [-0.3, -0.25) is 4.79 Å². The van der Waals surface area contributed by atoms with E-state index in [1.165, 1.54) is 19.9 Å². The summed E-state index contributed by atoms with van der Waals surface area (Å²) in [4.78, 5) is 22.4. The summed E-state index contributed by atoms with van der Waals surface area (Å²) < 4.78 is 23.9. The van der Waals surface area contributed by atoms with Crippen LogP contribution in [0.5, 0.6) is 0 Å². The monoisotopic (exact) mass is 269 g/mol. The fourth-order valence-electron chi connectivity index (χ4n) is 1.82. The molecule has 96 valence electrons. The third-order valence-electron chi connectivity index (χ3n) is 2.72. The Morgan fingerprint density at radius 1 is 1.33 bits per heavy atom. The van der Waals surface area contributed by atoms with Gasteiger partial charge in [0.15, 0.2) is 0 Å². The van der Waals surface area contributed by atoms with E-state index in [1.54, 1.807) is 0 Å². The van der Waals surface area contributed by atoms with Crippen LogP contribution >= 0.6 is 0 Å². The molecule has 1 aliphatic rings. The lowest BCUT2D eigenvalue weighted by molar-refractivity contribution is -0.114. The standard InChI is InChI=1S/C11H11NO5S/c1-11(2)10(15)18(16,17)8-4-3-6(9(13)14)5-7(8)12-11/h3-5,12H,1-2H3,(H,13,14). The summed E-state index contributed by atoms with van der Waals surface area (Å²) in [6, 6.07) is 3.50. The van der Waals surface area contributed by atoms with E-state index in [9.17, 15) is 18.0 Å². The zero-order valence-electron chi connectivity index (χ0n) is 9.72. The minimum absolute atomic E-state index is 0.0402. The van der Waals surface area contributed by atoms with Gasteiger partial charge in [-0.2, -0.15) is 0 Å². The minimum Gasteiger partial charge on any atom is -0.478 e. The van der Waals surface area contributed by atoms with Crippen LogP contribution in [0, 0.1) is 0 Å². The highest BCUT2D eigenvalue weighted by atomic mass is 32.2. The molecule has 0 bridgehead atoms. The number of anilines is 1. The Balaban J connectivity index is 2.72. The van der Waals surface area contributed by atoms with Crippen LogP contribution in [0.1, 0.15) is 24.2 Å². The van der Waals surface area contributed by atoms with Gasteiger partial charge in [0, 0.05) is 0 Å². The molecule has 0 radical (unpaired) electrons. The van der Waals surface area contributed by atoms with Crippen molar-refractivity contribution in [2.45, 2.75) is 24.3 Å². The Bertz CT molecular complexity index is 660. The first-order valence-electron chi connectivity index (χ1n) is 5.11. The van der Waals surface area contributed by atoms with Gasteiger partial charge in [0.05, 0.1) is 16.1 Å². The van der Waals surface area contributed by atoms with E-state index in [0.717, 1.165) is 12.1 Å². The van der Waals surface area contributed by atoms with Crippen molar-refractivity contribution in [1.29, 1.82) is 0 Å². The number of hydrogen-bond acceptors (Lipinski definition) is 5. The average Bonchev–Trinajstić information content (AvgIpc) is 2.25. The summed E-state index contributed by atoms with van der Waals surface area (Å²) in [6.45, 7) is 2.87. The largest absolute Gasteiger partial charge is 0.478 e. The van der Waals surface area contributed by atoms with Gasteiger partial charge in [-0.1, -0.05) is 0 Å². The fourth-order valence-corrected chi connectivity index (χ4v) is 3.39. The van der Waals surface area contributed by atoms with Gasteiger partial charge in [0.1, 0.15) is 5.54 Å². The SMILES string of the molecule is CC1(C)Nc2cc(C(=O)O)ccc2S(=O)(=O)C1=O. The van der Waals surface area contributed by atoms with Crippen LogP contribution in [0.25, 0.3) is 0 Å². The highest BCUT2D eigenvalue weighted by Gasteiger charge is 2.44. The van der Waals surface area contributed by atoms with Crippen LogP contribution in [0.15, 0.2) is 23.1 Å². The van der Waals surface area contributed by atoms with Gasteiger partial charge < -0.3 is 10.4 Å². The van der Waals surface area contributed by atoms with Crippen LogP contribution in [-0.2, 0) is 14.6 Å². The molecule has 2 rings (SSSR count). The molecular formula is C11H11NO5S. The van der Waals surface area contributed by atoms with Gasteiger partial charge >= 0.3 is 5.97 Å². The first kappa shape index (κ1) is 12.6. The van der Waals surface area contributed by atoms with Crippen molar-refractivity contribution in [1.82, 2.24) is 0 Å². The molecule has 18 heavy (non-hydrogen) atoms. The fraction of sp³-hybridized carbons (Fsp3) is 0.273. The number of carbonyl (C=O) groups is 2. The van der Waals surface area contributed by atoms with Crippen molar-refractivity contribution < 1.29 is 23.1 Å². The van der Waals surface area contributed by atoms with Gasteiger partial charge in [0.2, 0.25) is 9.84 Å². The zero-order chi connectivity index (χ0) is 13.7. The summed E-state index contributed by atoms with van der Waals surface area (Å²) in [5, 5.41) is 10.7. The molecule has 0 saturated carbocycles. The van der Waals surface area contributed by atoms with Gasteiger partial charge in [-0.25, -0.2) is 13.2 Å². The van der Waals surface area contributed by atoms with Crippen molar-refractivity contribution in [2.75, 3.05) is 5.32 Å². The van der Waals surface area contributed by atoms with Gasteiger partial charge in [0.25, 0.3) is 5.12 Å². The maximum absolute atomic E-state index is 12.0. The quantitative estimate of drug-likeness (QED) is 0.785. The topological polar surface area (TPSA) is 101 Å². The van der Waals surface area contributed by atoms with Crippen LogP contribution in [0.3, 0.4) is 0 Å². The van der Waals surface area contributed by atoms with Crippen molar-refractivity contribution in [3.05, 3.63) is 23.8 Å². The second-order valence-corrected chi connectivity index (χ2v) is 6.37. The number of aromatic carboxylic acids is 1. The Morgan fingerprint density at radius 2 is 1.94 bits per heavy atom. The third kappa shape index (κ3) is 1.67. The first-order chi connectivity index (χ1) is 8.16. The van der Waals surface area contributed by atoms with Crippen LogP contribution in [0.2, 0.25) is 0 Å². The van der Waals surface area contributed by atoms with Gasteiger partial charge in [-0.15, -0.1) is 0 Å². The molecule has 1 aromatic carbocycles. The summed E-state index contributed by atoms with van der Waals surface area (Å²) in [6.07, 6.45) is 0. The molecule has 2 N–H and O–H groups in total. The Hall–Kier alpha value is -1.89. The molecule has 1 heterocycles. The van der Waals surface area contributed by atoms with Crippen molar-refractivity contribution in [3.63, 3.8) is 0 Å². The second kappa shape index (κ2) is 3.55. The number of fused-ring (bicyclic) bond motifs is 1. The second-order valence-electron chi connectivity index (χ2n) is 4.56. The van der Waals surface area contributed by atoms with E-state index in [4.69, 9.17) is 5.11 Å². The number of carbonyl (C=O) groups excluding carboxylic acids is 1. The number of nitrogens with one attached hydrogen (secondary N) is 1. The number of benzene rings is 1. The number of sulfone groups is 1. The Labute approximate surface area is 104 Å². The molecule has 0 amide bonds. The van der Waals surface area contributed by atoms with E-state index < -0.39 is 26.5 Å². The minimum atomic E-state index is -4.07. The highest BCUT2D eigenvalue weighted by molar-refractivity contribution is 8.06. The van der Waals surface area contributed by atoms with Crippen LogP contribution in [0.4, 0.5) is 5.69 Å². The maximum atomic E-state index is 12.0. The smallest absolute Gasteiger partial charge is 0.335 e. The molecular weight excluding hydrogens is 258 g/mol. The average molecular weight is 269 g/mol. The zero-order valence-corrected chi connectivity index (χ0v) is 10.5. The molecule has 0 atom stereocenters. The summed E-state index contributed by atoms with van der Waals surface area (Å²) in [5.74, 6) is -1.16. The van der Waals surface area contributed by atoms with Crippen molar-refractivity contribution in [3.8, 4) is 0 Å². The molecule has 0 aliphatic carbocycles. The molecule has 0 spiro atoms. The molecule has 7 heteroatoms. The summed E-state index contributed by atoms with van der Waals surface area (Å²) in [7, 11) is -4.07. The molecule has 1 aromatic rings. The van der Waals surface area contributed by atoms with E-state index >= 15 is 0 Å². The normalized spacial score (nSPS) is 19.8. The van der Waals surface area contributed by atoms with Crippen LogP contribution < -0.4 is 5.32 Å². The highest BCUT2D eigenvalue weighted by Crippen LogP contribution is 2.34. The molecule has 0 aromatic heterocycles. The lowest BCUT2D eigenvalue weighted by Gasteiger charge is -2.31. The van der Waals surface area contributed by atoms with E-state index in [-0.39, 0.29) is 16.1 Å². The lowest BCUT2D eigenvalue weighted by atomic mass is 10.1. The number of rotatable bonds is 1. The van der Waals surface area contributed by atoms with E-state index in [1.807, 2.05) is 0 Å². The predicted octanol–water partition coefficient (Wildman–Crippen LogP) is 0.889.